The van der Waals surface area contributed by atoms with Crippen molar-refractivity contribution in [1.82, 2.24) is 19.8 Å². The Morgan fingerprint density at radius 3 is 2.54 bits per heavy atom. The van der Waals surface area contributed by atoms with Gasteiger partial charge in [-0.2, -0.15) is 0 Å². The molecule has 1 aliphatic rings. The number of hydrogen-bond donors (Lipinski definition) is 1. The van der Waals surface area contributed by atoms with Gasteiger partial charge in [0.15, 0.2) is 5.16 Å². The molecule has 1 N–H and O–H groups in total. The van der Waals surface area contributed by atoms with Gasteiger partial charge in [0.2, 0.25) is 11.8 Å². The number of amides is 2. The lowest BCUT2D eigenvalue weighted by Crippen LogP contribution is -2.39. The highest BCUT2D eigenvalue weighted by atomic mass is 32.2. The van der Waals surface area contributed by atoms with Gasteiger partial charge in [-0.25, -0.2) is 4.98 Å². The van der Waals surface area contributed by atoms with Crippen molar-refractivity contribution < 1.29 is 9.59 Å². The molecule has 2 aromatic rings. The molecule has 0 aliphatic carbocycles. The molecule has 1 aliphatic heterocycles. The van der Waals surface area contributed by atoms with Crippen LogP contribution in [-0.4, -0.2) is 51.7 Å². The van der Waals surface area contributed by atoms with Crippen LogP contribution < -0.4 is 5.32 Å². The van der Waals surface area contributed by atoms with Crippen molar-refractivity contribution in [2.24, 2.45) is 0 Å². The van der Waals surface area contributed by atoms with Crippen LogP contribution in [0.15, 0.2) is 35.7 Å². The molecule has 2 heterocycles. The van der Waals surface area contributed by atoms with E-state index in [4.69, 9.17) is 0 Å². The largest absolute Gasteiger partial charge is 0.346 e. The van der Waals surface area contributed by atoms with Crippen LogP contribution in [0.4, 0.5) is 0 Å². The number of benzene rings is 1. The van der Waals surface area contributed by atoms with Crippen molar-refractivity contribution in [2.75, 3.05) is 25.4 Å². The lowest BCUT2D eigenvalue weighted by atomic mass is 10.1. The molecule has 1 aromatic carbocycles. The van der Waals surface area contributed by atoms with Gasteiger partial charge in [0.05, 0.1) is 12.3 Å². The van der Waals surface area contributed by atoms with E-state index < -0.39 is 0 Å². The number of imidazole rings is 1. The first-order valence-corrected chi connectivity index (χ1v) is 9.81. The van der Waals surface area contributed by atoms with Gasteiger partial charge in [-0.05, 0) is 49.9 Å². The standard InChI is InChI=1S/C19H24N4O2S/c1-14-9-15(2)11-16(10-14)23-8-5-20-19(23)26-13-17(24)21-12-18(25)22-6-3-4-7-22/h5,8-11H,3-4,6-7,12-13H2,1-2H3,(H,21,24). The Labute approximate surface area is 158 Å². The molecule has 26 heavy (non-hydrogen) atoms. The fraction of sp³-hybridized carbons (Fsp3) is 0.421. The Balaban J connectivity index is 1.54. The van der Waals surface area contributed by atoms with Gasteiger partial charge in [0, 0.05) is 31.2 Å². The van der Waals surface area contributed by atoms with Crippen molar-refractivity contribution in [3.05, 3.63) is 41.7 Å². The number of rotatable bonds is 6. The summed E-state index contributed by atoms with van der Waals surface area (Å²) in [4.78, 5) is 30.2. The summed E-state index contributed by atoms with van der Waals surface area (Å²) in [5.74, 6) is 0.0739. The van der Waals surface area contributed by atoms with E-state index in [0.29, 0.717) is 0 Å². The fourth-order valence-corrected chi connectivity index (χ4v) is 3.92. The predicted molar refractivity (Wildman–Crippen MR) is 103 cm³/mol. The number of thioether (sulfide) groups is 1. The predicted octanol–water partition coefficient (Wildman–Crippen LogP) is 2.32. The second-order valence-electron chi connectivity index (χ2n) is 6.58. The zero-order valence-corrected chi connectivity index (χ0v) is 16.0. The van der Waals surface area contributed by atoms with Gasteiger partial charge in [-0.3, -0.25) is 14.2 Å². The molecular formula is C19H24N4O2S. The summed E-state index contributed by atoms with van der Waals surface area (Å²) >= 11 is 1.37. The van der Waals surface area contributed by atoms with Crippen LogP contribution in [0.5, 0.6) is 0 Å². The lowest BCUT2D eigenvalue weighted by Gasteiger charge is -2.15. The molecule has 0 radical (unpaired) electrons. The van der Waals surface area contributed by atoms with Crippen LogP contribution in [-0.2, 0) is 9.59 Å². The Morgan fingerprint density at radius 1 is 1.15 bits per heavy atom. The average Bonchev–Trinajstić information content (AvgIpc) is 3.28. The first kappa shape index (κ1) is 18.5. The first-order chi connectivity index (χ1) is 12.5. The fourth-order valence-electron chi connectivity index (χ4n) is 3.12. The van der Waals surface area contributed by atoms with Crippen LogP contribution in [0, 0.1) is 13.8 Å². The minimum atomic E-state index is -0.155. The molecule has 0 bridgehead atoms. The molecule has 6 nitrogen and oxygen atoms in total. The monoisotopic (exact) mass is 372 g/mol. The third-order valence-electron chi connectivity index (χ3n) is 4.32. The Hall–Kier alpha value is -2.28. The Kier molecular flexibility index (Phi) is 5.98. The maximum absolute atomic E-state index is 12.1. The third kappa shape index (κ3) is 4.66. The smallest absolute Gasteiger partial charge is 0.241 e. The topological polar surface area (TPSA) is 67.2 Å². The number of likely N-dealkylation sites (tertiary alicyclic amines) is 1. The van der Waals surface area contributed by atoms with Crippen LogP contribution in [0.3, 0.4) is 0 Å². The Bertz CT molecular complexity index is 776. The van der Waals surface area contributed by atoms with Crippen LogP contribution >= 0.6 is 11.8 Å². The number of carbonyl (C=O) groups is 2. The first-order valence-electron chi connectivity index (χ1n) is 8.82. The van der Waals surface area contributed by atoms with E-state index in [2.05, 4.69) is 42.3 Å². The van der Waals surface area contributed by atoms with E-state index in [1.165, 1.54) is 22.9 Å². The number of hydrogen-bond acceptors (Lipinski definition) is 4. The van der Waals surface area contributed by atoms with Gasteiger partial charge in [-0.15, -0.1) is 0 Å². The number of nitrogens with one attached hydrogen (secondary N) is 1. The summed E-state index contributed by atoms with van der Waals surface area (Å²) in [5.41, 5.74) is 3.40. The van der Waals surface area contributed by atoms with E-state index in [1.54, 1.807) is 11.1 Å². The molecule has 0 atom stereocenters. The molecule has 3 rings (SSSR count). The summed E-state index contributed by atoms with van der Waals surface area (Å²) in [6.45, 7) is 5.80. The molecule has 0 saturated carbocycles. The lowest BCUT2D eigenvalue weighted by molar-refractivity contribution is -0.131. The SMILES string of the molecule is Cc1cc(C)cc(-n2ccnc2SCC(=O)NCC(=O)N2CCCC2)c1. The van der Waals surface area contributed by atoms with Crippen molar-refractivity contribution in [2.45, 2.75) is 31.8 Å². The van der Waals surface area contributed by atoms with E-state index in [0.717, 1.165) is 36.8 Å². The highest BCUT2D eigenvalue weighted by molar-refractivity contribution is 7.99. The van der Waals surface area contributed by atoms with Crippen LogP contribution in [0.1, 0.15) is 24.0 Å². The summed E-state index contributed by atoms with van der Waals surface area (Å²) in [6.07, 6.45) is 5.73. The van der Waals surface area contributed by atoms with Crippen molar-refractivity contribution in [3.63, 3.8) is 0 Å². The maximum Gasteiger partial charge on any atom is 0.241 e. The molecule has 0 spiro atoms. The van der Waals surface area contributed by atoms with Gasteiger partial charge < -0.3 is 10.2 Å². The Morgan fingerprint density at radius 2 is 1.85 bits per heavy atom. The van der Waals surface area contributed by atoms with E-state index in [1.807, 2.05) is 10.8 Å². The third-order valence-corrected chi connectivity index (χ3v) is 5.29. The van der Waals surface area contributed by atoms with Crippen LogP contribution in [0.2, 0.25) is 0 Å². The van der Waals surface area contributed by atoms with E-state index >= 15 is 0 Å². The highest BCUT2D eigenvalue weighted by Gasteiger charge is 2.18. The summed E-state index contributed by atoms with van der Waals surface area (Å²) < 4.78 is 1.98. The number of aromatic nitrogens is 2. The zero-order chi connectivity index (χ0) is 18.5. The van der Waals surface area contributed by atoms with Crippen molar-refractivity contribution in [1.29, 1.82) is 0 Å². The molecule has 138 valence electrons. The minimum absolute atomic E-state index is 0.00224. The second-order valence-corrected chi connectivity index (χ2v) is 7.52. The molecule has 1 fully saturated rings. The van der Waals surface area contributed by atoms with E-state index in [-0.39, 0.29) is 24.1 Å². The maximum atomic E-state index is 12.1. The number of nitrogens with zero attached hydrogens (tertiary/aromatic N) is 3. The van der Waals surface area contributed by atoms with Gasteiger partial charge in [0.1, 0.15) is 0 Å². The van der Waals surface area contributed by atoms with Gasteiger partial charge in [-0.1, -0.05) is 17.8 Å². The van der Waals surface area contributed by atoms with Gasteiger partial charge in [0.25, 0.3) is 0 Å². The molecule has 7 heteroatoms. The summed E-state index contributed by atoms with van der Waals surface area (Å²) in [6, 6.07) is 6.30. The van der Waals surface area contributed by atoms with Crippen LogP contribution in [0.25, 0.3) is 5.69 Å². The second kappa shape index (κ2) is 8.40. The molecule has 1 saturated heterocycles. The molecule has 2 amide bonds. The number of aryl methyl sites for hydroxylation is 2. The van der Waals surface area contributed by atoms with Gasteiger partial charge >= 0.3 is 0 Å². The molecular weight excluding hydrogens is 348 g/mol. The summed E-state index contributed by atoms with van der Waals surface area (Å²) in [5, 5.41) is 3.47. The normalized spacial score (nSPS) is 13.8. The zero-order valence-electron chi connectivity index (χ0n) is 15.2. The highest BCUT2D eigenvalue weighted by Crippen LogP contribution is 2.22. The average molecular weight is 372 g/mol. The number of carbonyl (C=O) groups excluding carboxylic acids is 2. The summed E-state index contributed by atoms with van der Waals surface area (Å²) in [7, 11) is 0. The molecule has 0 unspecified atom stereocenters. The minimum Gasteiger partial charge on any atom is -0.346 e. The van der Waals surface area contributed by atoms with Crippen molar-refractivity contribution >= 4 is 23.6 Å². The van der Waals surface area contributed by atoms with E-state index in [9.17, 15) is 9.59 Å². The quantitative estimate of drug-likeness (QED) is 0.790. The molecule has 1 aromatic heterocycles. The van der Waals surface area contributed by atoms with Crippen molar-refractivity contribution in [3.8, 4) is 5.69 Å².